The largest absolute Gasteiger partial charge is 0.493 e. The minimum atomic E-state index is -0.193. The maximum Gasteiger partial charge on any atom is 0.258 e. The molecule has 0 amide bonds. The molecule has 0 unspecified atom stereocenters. The summed E-state index contributed by atoms with van der Waals surface area (Å²) in [5.74, 6) is 2.21. The highest BCUT2D eigenvalue weighted by molar-refractivity contribution is 8.00. The highest BCUT2D eigenvalue weighted by Gasteiger charge is 2.11. The molecular weight excluding hydrogens is 334 g/mol. The van der Waals surface area contributed by atoms with Crippen molar-refractivity contribution in [1.82, 2.24) is 15.0 Å². The predicted octanol–water partition coefficient (Wildman–Crippen LogP) is 3.00. The first-order chi connectivity index (χ1) is 11.1. The van der Waals surface area contributed by atoms with Gasteiger partial charge in [0.25, 0.3) is 5.56 Å². The van der Waals surface area contributed by atoms with Crippen LogP contribution in [0.4, 0.5) is 0 Å². The fourth-order valence-corrected chi connectivity index (χ4v) is 3.83. The van der Waals surface area contributed by atoms with Crippen LogP contribution in [0.15, 0.2) is 26.6 Å². The van der Waals surface area contributed by atoms with E-state index in [1.165, 1.54) is 7.11 Å². The first-order valence-corrected chi connectivity index (χ1v) is 8.67. The number of ether oxygens (including phenoxy) is 2. The van der Waals surface area contributed by atoms with E-state index in [0.717, 1.165) is 10.0 Å². The highest BCUT2D eigenvalue weighted by Crippen LogP contribution is 2.30. The van der Waals surface area contributed by atoms with E-state index in [9.17, 15) is 4.79 Å². The third-order valence-electron chi connectivity index (χ3n) is 3.19. The molecule has 120 valence electrons. The third-order valence-corrected chi connectivity index (χ3v) is 5.34. The molecule has 0 spiro atoms. The van der Waals surface area contributed by atoms with Crippen molar-refractivity contribution in [3.8, 4) is 11.5 Å². The molecule has 6 nitrogen and oxygen atoms in total. The van der Waals surface area contributed by atoms with Gasteiger partial charge in [0, 0.05) is 17.1 Å². The molecule has 0 fully saturated rings. The van der Waals surface area contributed by atoms with E-state index in [-0.39, 0.29) is 5.56 Å². The van der Waals surface area contributed by atoms with Crippen LogP contribution in [0, 0.1) is 6.92 Å². The van der Waals surface area contributed by atoms with Gasteiger partial charge in [-0.1, -0.05) is 11.8 Å². The van der Waals surface area contributed by atoms with Gasteiger partial charge >= 0.3 is 0 Å². The number of aryl methyl sites for hydroxylation is 1. The number of nitrogens with one attached hydrogen (secondary N) is 1. The predicted molar refractivity (Wildman–Crippen MR) is 91.9 cm³/mol. The summed E-state index contributed by atoms with van der Waals surface area (Å²) in [6, 6.07) is 3.35. The van der Waals surface area contributed by atoms with E-state index >= 15 is 0 Å². The van der Waals surface area contributed by atoms with Gasteiger partial charge in [-0.25, -0.2) is 9.97 Å². The second-order valence-electron chi connectivity index (χ2n) is 4.78. The molecule has 3 aromatic rings. The fourth-order valence-electron chi connectivity index (χ4n) is 2.11. The van der Waals surface area contributed by atoms with Crippen LogP contribution in [0.25, 0.3) is 10.9 Å². The Balaban J connectivity index is 1.94. The number of aromatic amines is 1. The molecule has 23 heavy (non-hydrogen) atoms. The van der Waals surface area contributed by atoms with Gasteiger partial charge in [-0.05, 0) is 13.0 Å². The number of fused-ring (bicyclic) bond motifs is 1. The lowest BCUT2D eigenvalue weighted by Crippen LogP contribution is -2.11. The van der Waals surface area contributed by atoms with Crippen LogP contribution >= 0.6 is 23.1 Å². The lowest BCUT2D eigenvalue weighted by atomic mass is 10.2. The summed E-state index contributed by atoms with van der Waals surface area (Å²) < 4.78 is 11.4. The van der Waals surface area contributed by atoms with Gasteiger partial charge in [0.05, 0.1) is 30.9 Å². The maximum absolute atomic E-state index is 12.3. The van der Waals surface area contributed by atoms with Crippen LogP contribution in [-0.2, 0) is 5.75 Å². The lowest BCUT2D eigenvalue weighted by Gasteiger charge is -2.09. The van der Waals surface area contributed by atoms with E-state index in [1.54, 1.807) is 42.3 Å². The zero-order chi connectivity index (χ0) is 16.4. The molecular formula is C15H15N3O3S2. The molecule has 0 saturated carbocycles. The Morgan fingerprint density at radius 3 is 2.61 bits per heavy atom. The van der Waals surface area contributed by atoms with E-state index in [0.29, 0.717) is 34.0 Å². The Kier molecular flexibility index (Phi) is 4.53. The average Bonchev–Trinajstić information content (AvgIpc) is 2.97. The van der Waals surface area contributed by atoms with E-state index in [1.807, 2.05) is 12.3 Å². The summed E-state index contributed by atoms with van der Waals surface area (Å²) in [5, 5.41) is 2.47. The molecule has 2 aromatic heterocycles. The van der Waals surface area contributed by atoms with Gasteiger partial charge in [0.1, 0.15) is 5.82 Å². The number of nitrogens with zero attached hydrogens (tertiary/aromatic N) is 2. The van der Waals surface area contributed by atoms with Crippen LogP contribution in [0.1, 0.15) is 11.5 Å². The summed E-state index contributed by atoms with van der Waals surface area (Å²) >= 11 is 3.13. The van der Waals surface area contributed by atoms with Crippen molar-refractivity contribution in [1.29, 1.82) is 0 Å². The standard InChI is InChI=1S/C15H15N3O3S2/c1-8-6-22-15(16-8)23-7-13-17-10-5-12(21-3)11(20-2)4-9(10)14(19)18-13/h4-6H,7H2,1-3H3,(H,17,18,19). The van der Waals surface area contributed by atoms with E-state index in [2.05, 4.69) is 15.0 Å². The topological polar surface area (TPSA) is 77.1 Å². The number of thiazole rings is 1. The zero-order valence-corrected chi connectivity index (χ0v) is 14.5. The van der Waals surface area contributed by atoms with Crippen LogP contribution in [-0.4, -0.2) is 29.2 Å². The number of rotatable bonds is 5. The third kappa shape index (κ3) is 3.32. The van der Waals surface area contributed by atoms with Crippen LogP contribution in [0.2, 0.25) is 0 Å². The Morgan fingerprint density at radius 2 is 1.96 bits per heavy atom. The molecule has 2 heterocycles. The maximum atomic E-state index is 12.3. The van der Waals surface area contributed by atoms with Gasteiger partial charge in [-0.3, -0.25) is 4.79 Å². The van der Waals surface area contributed by atoms with Gasteiger partial charge in [-0.15, -0.1) is 11.3 Å². The van der Waals surface area contributed by atoms with Crippen LogP contribution in [0.3, 0.4) is 0 Å². The quantitative estimate of drug-likeness (QED) is 0.714. The van der Waals surface area contributed by atoms with Crippen molar-refractivity contribution in [3.05, 3.63) is 39.4 Å². The summed E-state index contributed by atoms with van der Waals surface area (Å²) in [5.41, 5.74) is 1.38. The summed E-state index contributed by atoms with van der Waals surface area (Å²) in [6.45, 7) is 1.95. The number of benzene rings is 1. The Bertz CT molecular complexity index is 905. The summed E-state index contributed by atoms with van der Waals surface area (Å²) in [6.07, 6.45) is 0. The molecule has 8 heteroatoms. The van der Waals surface area contributed by atoms with Crippen molar-refractivity contribution in [2.24, 2.45) is 0 Å². The van der Waals surface area contributed by atoms with Gasteiger partial charge < -0.3 is 14.5 Å². The minimum Gasteiger partial charge on any atom is -0.493 e. The van der Waals surface area contributed by atoms with E-state index in [4.69, 9.17) is 9.47 Å². The van der Waals surface area contributed by atoms with Crippen LogP contribution < -0.4 is 15.0 Å². The first-order valence-electron chi connectivity index (χ1n) is 6.80. The number of H-pyrrole nitrogens is 1. The van der Waals surface area contributed by atoms with Crippen LogP contribution in [0.5, 0.6) is 11.5 Å². The molecule has 0 saturated heterocycles. The molecule has 0 radical (unpaired) electrons. The number of methoxy groups -OCH3 is 2. The summed E-state index contributed by atoms with van der Waals surface area (Å²) in [7, 11) is 3.09. The smallest absolute Gasteiger partial charge is 0.258 e. The number of hydrogen-bond acceptors (Lipinski definition) is 7. The lowest BCUT2D eigenvalue weighted by molar-refractivity contribution is 0.355. The Hall–Kier alpha value is -2.06. The second kappa shape index (κ2) is 6.59. The molecule has 3 rings (SSSR count). The summed E-state index contributed by atoms with van der Waals surface area (Å²) in [4.78, 5) is 24.0. The molecule has 0 bridgehead atoms. The molecule has 0 atom stereocenters. The van der Waals surface area contributed by atoms with E-state index < -0.39 is 0 Å². The Labute approximate surface area is 140 Å². The minimum absolute atomic E-state index is 0.193. The average molecular weight is 349 g/mol. The molecule has 1 N–H and O–H groups in total. The highest BCUT2D eigenvalue weighted by atomic mass is 32.2. The SMILES string of the molecule is COc1cc2nc(CSc3nc(C)cs3)[nH]c(=O)c2cc1OC. The van der Waals surface area contributed by atoms with Crippen molar-refractivity contribution >= 4 is 34.0 Å². The van der Waals surface area contributed by atoms with Gasteiger partial charge in [-0.2, -0.15) is 0 Å². The number of thioether (sulfide) groups is 1. The Morgan fingerprint density at radius 1 is 1.22 bits per heavy atom. The molecule has 0 aliphatic rings. The fraction of sp³-hybridized carbons (Fsp3) is 0.267. The zero-order valence-electron chi connectivity index (χ0n) is 12.9. The van der Waals surface area contributed by atoms with Crippen molar-refractivity contribution in [2.45, 2.75) is 17.0 Å². The molecule has 0 aliphatic heterocycles. The molecule has 1 aromatic carbocycles. The second-order valence-corrected chi connectivity index (χ2v) is 6.86. The number of hydrogen-bond donors (Lipinski definition) is 1. The number of aromatic nitrogens is 3. The van der Waals surface area contributed by atoms with Gasteiger partial charge in [0.2, 0.25) is 0 Å². The van der Waals surface area contributed by atoms with Crippen molar-refractivity contribution in [2.75, 3.05) is 14.2 Å². The monoisotopic (exact) mass is 349 g/mol. The van der Waals surface area contributed by atoms with Crippen molar-refractivity contribution in [3.63, 3.8) is 0 Å². The normalized spacial score (nSPS) is 10.9. The van der Waals surface area contributed by atoms with Gasteiger partial charge in [0.15, 0.2) is 15.8 Å². The van der Waals surface area contributed by atoms with Crippen molar-refractivity contribution < 1.29 is 9.47 Å². The molecule has 0 aliphatic carbocycles. The first kappa shape index (κ1) is 15.8.